The van der Waals surface area contributed by atoms with Crippen LogP contribution >= 0.6 is 11.6 Å². The van der Waals surface area contributed by atoms with E-state index in [0.717, 1.165) is 16.9 Å². The lowest BCUT2D eigenvalue weighted by molar-refractivity contribution is -0.139. The van der Waals surface area contributed by atoms with E-state index in [4.69, 9.17) is 16.3 Å². The molecule has 0 aliphatic carbocycles. The summed E-state index contributed by atoms with van der Waals surface area (Å²) in [4.78, 5) is 18.0. The second-order valence-corrected chi connectivity index (χ2v) is 5.93. The quantitative estimate of drug-likeness (QED) is 0.527. The van der Waals surface area contributed by atoms with Crippen molar-refractivity contribution in [2.24, 2.45) is 0 Å². The van der Waals surface area contributed by atoms with Gasteiger partial charge in [0.15, 0.2) is 0 Å². The number of aromatic nitrogens is 2. The lowest BCUT2D eigenvalue weighted by Gasteiger charge is -2.31. The molecule has 0 unspecified atom stereocenters. The average molecular weight is 346 g/mol. The Hall–Kier alpha value is -2.60. The standard InChI is InChI=1S/C17H13ClFN3O2/c1-24-16(23)8-21-9-22-12-4-2-3-11(19)10(12)7-14(22)17-13(21)5-6-15(18)20-17/h2-7H,8-9H2,1H3. The van der Waals surface area contributed by atoms with E-state index in [1.165, 1.54) is 13.2 Å². The van der Waals surface area contributed by atoms with Gasteiger partial charge < -0.3 is 14.2 Å². The van der Waals surface area contributed by atoms with Crippen LogP contribution in [0.4, 0.5) is 10.1 Å². The molecule has 1 aromatic carbocycles. The zero-order chi connectivity index (χ0) is 16.8. The molecule has 0 N–H and O–H groups in total. The highest BCUT2D eigenvalue weighted by atomic mass is 35.5. The van der Waals surface area contributed by atoms with Gasteiger partial charge in [0, 0.05) is 5.39 Å². The van der Waals surface area contributed by atoms with Crippen molar-refractivity contribution in [2.75, 3.05) is 18.6 Å². The number of hydrogen-bond acceptors (Lipinski definition) is 4. The number of rotatable bonds is 2. The van der Waals surface area contributed by atoms with Crippen LogP contribution in [0, 0.1) is 5.82 Å². The average Bonchev–Trinajstić information content (AvgIpc) is 2.95. The van der Waals surface area contributed by atoms with Crippen molar-refractivity contribution >= 4 is 34.2 Å². The fourth-order valence-corrected chi connectivity index (χ4v) is 3.22. The first-order valence-corrected chi connectivity index (χ1v) is 7.72. The van der Waals surface area contributed by atoms with E-state index in [1.807, 2.05) is 21.6 Å². The van der Waals surface area contributed by atoms with Gasteiger partial charge in [-0.05, 0) is 30.3 Å². The number of carbonyl (C=O) groups is 1. The molecular weight excluding hydrogens is 333 g/mol. The van der Waals surface area contributed by atoms with Gasteiger partial charge >= 0.3 is 5.97 Å². The van der Waals surface area contributed by atoms with Gasteiger partial charge in [-0.3, -0.25) is 4.79 Å². The van der Waals surface area contributed by atoms with Crippen molar-refractivity contribution in [1.82, 2.24) is 9.55 Å². The molecule has 0 fully saturated rings. The number of benzene rings is 1. The first-order chi connectivity index (χ1) is 11.6. The first kappa shape index (κ1) is 15.0. The molecule has 7 heteroatoms. The van der Waals surface area contributed by atoms with Crippen molar-refractivity contribution in [3.63, 3.8) is 0 Å². The molecule has 0 bridgehead atoms. The number of nitrogens with zero attached hydrogens (tertiary/aromatic N) is 3. The number of methoxy groups -OCH3 is 1. The van der Waals surface area contributed by atoms with Gasteiger partial charge in [0.2, 0.25) is 0 Å². The topological polar surface area (TPSA) is 47.4 Å². The first-order valence-electron chi connectivity index (χ1n) is 7.35. The van der Waals surface area contributed by atoms with Crippen molar-refractivity contribution in [3.8, 4) is 11.4 Å². The Labute approximate surface area is 142 Å². The van der Waals surface area contributed by atoms with Crippen LogP contribution < -0.4 is 4.90 Å². The zero-order valence-corrected chi connectivity index (χ0v) is 13.5. The molecule has 0 spiro atoms. The molecule has 2 aromatic heterocycles. The monoisotopic (exact) mass is 345 g/mol. The van der Waals surface area contributed by atoms with Gasteiger partial charge in [-0.25, -0.2) is 9.37 Å². The Morgan fingerprint density at radius 1 is 1.38 bits per heavy atom. The van der Waals surface area contributed by atoms with E-state index < -0.39 is 0 Å². The molecular formula is C17H13ClFN3O2. The molecule has 4 rings (SSSR count). The molecule has 0 saturated heterocycles. The molecule has 122 valence electrons. The van der Waals surface area contributed by atoms with E-state index in [0.29, 0.717) is 22.9 Å². The van der Waals surface area contributed by atoms with Gasteiger partial charge in [-0.15, -0.1) is 0 Å². The highest BCUT2D eigenvalue weighted by Crippen LogP contribution is 2.39. The number of carbonyl (C=O) groups excluding carboxylic acids is 1. The van der Waals surface area contributed by atoms with Gasteiger partial charge in [0.25, 0.3) is 0 Å². The van der Waals surface area contributed by atoms with Crippen molar-refractivity contribution in [2.45, 2.75) is 6.67 Å². The molecule has 0 saturated carbocycles. The number of ether oxygens (including phenoxy) is 1. The maximum atomic E-state index is 14.1. The summed E-state index contributed by atoms with van der Waals surface area (Å²) in [5.74, 6) is -0.653. The van der Waals surface area contributed by atoms with Gasteiger partial charge in [-0.2, -0.15) is 0 Å². The SMILES string of the molecule is COC(=O)CN1Cn2c(cc3c(F)cccc32)-c2nc(Cl)ccc21. The van der Waals surface area contributed by atoms with E-state index in [1.54, 1.807) is 18.2 Å². The molecule has 5 nitrogen and oxygen atoms in total. The second kappa shape index (κ2) is 5.49. The number of halogens is 2. The van der Waals surface area contributed by atoms with Crippen molar-refractivity contribution in [3.05, 3.63) is 47.4 Å². The smallest absolute Gasteiger partial charge is 0.325 e. The van der Waals surface area contributed by atoms with E-state index in [-0.39, 0.29) is 18.3 Å². The summed E-state index contributed by atoms with van der Waals surface area (Å²) in [6.45, 7) is 0.467. The largest absolute Gasteiger partial charge is 0.468 e. The van der Waals surface area contributed by atoms with Crippen LogP contribution in [-0.2, 0) is 16.2 Å². The molecule has 24 heavy (non-hydrogen) atoms. The summed E-state index contributed by atoms with van der Waals surface area (Å²) < 4.78 is 20.8. The summed E-state index contributed by atoms with van der Waals surface area (Å²) in [5, 5.41) is 0.853. The second-order valence-electron chi connectivity index (χ2n) is 5.55. The maximum Gasteiger partial charge on any atom is 0.325 e. The summed E-state index contributed by atoms with van der Waals surface area (Å²) in [7, 11) is 1.35. The number of anilines is 1. The summed E-state index contributed by atoms with van der Waals surface area (Å²) >= 11 is 6.05. The highest BCUT2D eigenvalue weighted by Gasteiger charge is 2.27. The molecule has 3 aromatic rings. The number of pyridine rings is 1. The van der Waals surface area contributed by atoms with Crippen LogP contribution in [0.5, 0.6) is 0 Å². The van der Waals surface area contributed by atoms with Crippen LogP contribution in [0.2, 0.25) is 5.15 Å². The fraction of sp³-hybridized carbons (Fsp3) is 0.176. The van der Waals surface area contributed by atoms with Crippen LogP contribution in [0.1, 0.15) is 0 Å². The molecule has 0 atom stereocenters. The highest BCUT2D eigenvalue weighted by molar-refractivity contribution is 6.29. The molecule has 0 radical (unpaired) electrons. The summed E-state index contributed by atoms with van der Waals surface area (Å²) in [5.41, 5.74) is 2.90. The van der Waals surface area contributed by atoms with Gasteiger partial charge in [0.05, 0.1) is 30.7 Å². The Kier molecular flexibility index (Phi) is 3.42. The number of hydrogen-bond donors (Lipinski definition) is 0. The number of fused-ring (bicyclic) bond motifs is 5. The van der Waals surface area contributed by atoms with E-state index in [9.17, 15) is 9.18 Å². The minimum absolute atomic E-state index is 0.0707. The lowest BCUT2D eigenvalue weighted by Crippen LogP contribution is -2.35. The van der Waals surface area contributed by atoms with E-state index in [2.05, 4.69) is 4.98 Å². The Balaban J connectivity index is 1.95. The third-order valence-corrected chi connectivity index (χ3v) is 4.39. The van der Waals surface area contributed by atoms with Crippen LogP contribution in [0.15, 0.2) is 36.4 Å². The predicted octanol–water partition coefficient (Wildman–Crippen LogP) is 3.45. The van der Waals surface area contributed by atoms with Gasteiger partial charge in [0.1, 0.15) is 23.2 Å². The zero-order valence-electron chi connectivity index (χ0n) is 12.8. The molecule has 1 aliphatic heterocycles. The predicted molar refractivity (Wildman–Crippen MR) is 89.5 cm³/mol. The van der Waals surface area contributed by atoms with Gasteiger partial charge in [-0.1, -0.05) is 17.7 Å². The van der Waals surface area contributed by atoms with E-state index >= 15 is 0 Å². The summed E-state index contributed by atoms with van der Waals surface area (Å²) in [6.07, 6.45) is 0. The Morgan fingerprint density at radius 3 is 3.00 bits per heavy atom. The maximum absolute atomic E-state index is 14.1. The Bertz CT molecular complexity index is 970. The van der Waals surface area contributed by atoms with Crippen LogP contribution in [0.25, 0.3) is 22.3 Å². The normalized spacial score (nSPS) is 12.9. The molecule has 1 aliphatic rings. The number of esters is 1. The van der Waals surface area contributed by atoms with Crippen LogP contribution in [-0.4, -0.2) is 29.2 Å². The molecule has 0 amide bonds. The lowest BCUT2D eigenvalue weighted by atomic mass is 10.1. The van der Waals surface area contributed by atoms with Crippen molar-refractivity contribution < 1.29 is 13.9 Å². The third kappa shape index (κ3) is 2.22. The fourth-order valence-electron chi connectivity index (χ4n) is 3.07. The third-order valence-electron chi connectivity index (χ3n) is 4.18. The van der Waals surface area contributed by atoms with Crippen molar-refractivity contribution in [1.29, 1.82) is 0 Å². The Morgan fingerprint density at radius 2 is 2.21 bits per heavy atom. The minimum atomic E-state index is -0.359. The van der Waals surface area contributed by atoms with Crippen LogP contribution in [0.3, 0.4) is 0 Å². The molecule has 3 heterocycles. The summed E-state index contributed by atoms with van der Waals surface area (Å²) in [6, 6.07) is 10.2. The minimum Gasteiger partial charge on any atom is -0.468 e.